The molecule has 31 heavy (non-hydrogen) atoms. The van der Waals surface area contributed by atoms with Gasteiger partial charge in [-0.3, -0.25) is 4.79 Å². The molecule has 0 radical (unpaired) electrons. The number of hydrogen-bond donors (Lipinski definition) is 0. The first kappa shape index (κ1) is 19.6. The lowest BCUT2D eigenvalue weighted by atomic mass is 10.1. The smallest absolute Gasteiger partial charge is 0.276 e. The molecule has 1 aliphatic rings. The minimum Gasteiger partial charge on any atom is -0.355 e. The van der Waals surface area contributed by atoms with E-state index in [1.165, 1.54) is 12.1 Å². The lowest BCUT2D eigenvalue weighted by Crippen LogP contribution is -2.31. The van der Waals surface area contributed by atoms with E-state index in [4.69, 9.17) is 9.05 Å². The minimum atomic E-state index is -0.346. The predicted molar refractivity (Wildman–Crippen MR) is 112 cm³/mol. The quantitative estimate of drug-likeness (QED) is 0.393. The Hall–Kier alpha value is -3.33. The van der Waals surface area contributed by atoms with E-state index in [1.54, 1.807) is 23.1 Å². The Labute approximate surface area is 185 Å². The topological polar surface area (TPSA) is 85.3 Å². The van der Waals surface area contributed by atoms with Crippen LogP contribution in [-0.4, -0.2) is 32.6 Å². The van der Waals surface area contributed by atoms with Gasteiger partial charge in [0.15, 0.2) is 11.5 Å². The molecule has 1 fully saturated rings. The zero-order valence-electron chi connectivity index (χ0n) is 16.2. The summed E-state index contributed by atoms with van der Waals surface area (Å²) in [5.74, 6) is 0.645. The Morgan fingerprint density at radius 3 is 2.55 bits per heavy atom. The van der Waals surface area contributed by atoms with E-state index in [2.05, 4.69) is 31.2 Å². The Morgan fingerprint density at radius 1 is 1.03 bits per heavy atom. The Bertz CT molecular complexity index is 1220. The average molecular weight is 483 g/mol. The summed E-state index contributed by atoms with van der Waals surface area (Å²) >= 11 is 3.40. The van der Waals surface area contributed by atoms with E-state index in [-0.39, 0.29) is 23.5 Å². The van der Waals surface area contributed by atoms with Crippen LogP contribution >= 0.6 is 15.9 Å². The molecule has 2 aromatic heterocycles. The molecule has 9 heteroatoms. The van der Waals surface area contributed by atoms with Crippen LogP contribution in [0.3, 0.4) is 0 Å². The number of aromatic nitrogens is 3. The molecule has 3 heterocycles. The maximum atomic E-state index is 13.1. The molecule has 0 N–H and O–H groups in total. The summed E-state index contributed by atoms with van der Waals surface area (Å²) in [6.45, 7) is 0.554. The van der Waals surface area contributed by atoms with Crippen LogP contribution < -0.4 is 0 Å². The van der Waals surface area contributed by atoms with Crippen molar-refractivity contribution in [2.24, 2.45) is 0 Å². The van der Waals surface area contributed by atoms with Gasteiger partial charge in [0.25, 0.3) is 5.91 Å². The highest BCUT2D eigenvalue weighted by atomic mass is 79.9. The van der Waals surface area contributed by atoms with Gasteiger partial charge in [-0.2, -0.15) is 4.98 Å². The summed E-state index contributed by atoms with van der Waals surface area (Å²) in [5, 5.41) is 7.99. The highest BCUT2D eigenvalue weighted by Gasteiger charge is 2.36. The van der Waals surface area contributed by atoms with Crippen LogP contribution in [0.5, 0.6) is 0 Å². The largest absolute Gasteiger partial charge is 0.355 e. The Balaban J connectivity index is 1.36. The van der Waals surface area contributed by atoms with Gasteiger partial charge >= 0.3 is 0 Å². The molecule has 1 atom stereocenters. The van der Waals surface area contributed by atoms with E-state index in [1.807, 2.05) is 24.3 Å². The fourth-order valence-electron chi connectivity index (χ4n) is 3.63. The molecule has 156 valence electrons. The van der Waals surface area contributed by atoms with Crippen molar-refractivity contribution in [1.82, 2.24) is 20.2 Å². The van der Waals surface area contributed by atoms with Crippen LogP contribution in [0.2, 0.25) is 0 Å². The fourth-order valence-corrected chi connectivity index (χ4v) is 3.89. The third-order valence-corrected chi connectivity index (χ3v) is 5.73. The van der Waals surface area contributed by atoms with E-state index in [0.717, 1.165) is 22.9 Å². The fraction of sp³-hybridized carbons (Fsp3) is 0.182. The number of halogens is 2. The van der Waals surface area contributed by atoms with Gasteiger partial charge in [0.2, 0.25) is 11.7 Å². The number of benzene rings is 2. The Kier molecular flexibility index (Phi) is 5.11. The standard InChI is InChI=1S/C22H16BrFN4O3/c23-15-7-3-14(4-8-15)20-25-21(31-27-20)18-2-1-11-28(18)22(29)17-12-19(30-26-17)13-5-9-16(24)10-6-13/h3-10,12,18H,1-2,11H2. The van der Waals surface area contributed by atoms with Crippen molar-refractivity contribution < 1.29 is 18.2 Å². The van der Waals surface area contributed by atoms with Gasteiger partial charge in [-0.05, 0) is 61.4 Å². The number of hydrogen-bond acceptors (Lipinski definition) is 6. The van der Waals surface area contributed by atoms with Gasteiger partial charge in [-0.25, -0.2) is 4.39 Å². The molecule has 1 saturated heterocycles. The van der Waals surface area contributed by atoms with E-state index < -0.39 is 0 Å². The van der Waals surface area contributed by atoms with Gasteiger partial charge in [-0.1, -0.05) is 26.2 Å². The van der Waals surface area contributed by atoms with Crippen LogP contribution in [0.1, 0.15) is 35.3 Å². The van der Waals surface area contributed by atoms with E-state index >= 15 is 0 Å². The molecular formula is C22H16BrFN4O3. The molecule has 4 aromatic rings. The van der Waals surface area contributed by atoms with Crippen molar-refractivity contribution in [3.05, 3.63) is 76.5 Å². The molecule has 0 bridgehead atoms. The molecule has 1 amide bonds. The molecule has 1 unspecified atom stereocenters. The average Bonchev–Trinajstić information content (AvgIpc) is 3.54. The van der Waals surface area contributed by atoms with E-state index in [9.17, 15) is 9.18 Å². The second-order valence-electron chi connectivity index (χ2n) is 7.20. The van der Waals surface area contributed by atoms with Crippen molar-refractivity contribution in [3.63, 3.8) is 0 Å². The summed E-state index contributed by atoms with van der Waals surface area (Å²) < 4.78 is 24.9. The molecule has 0 saturated carbocycles. The van der Waals surface area contributed by atoms with Crippen molar-refractivity contribution in [2.45, 2.75) is 18.9 Å². The normalized spacial score (nSPS) is 16.1. The zero-order valence-corrected chi connectivity index (χ0v) is 17.8. The van der Waals surface area contributed by atoms with Gasteiger partial charge in [-0.15, -0.1) is 0 Å². The maximum absolute atomic E-state index is 13.1. The van der Waals surface area contributed by atoms with Crippen LogP contribution in [0.4, 0.5) is 4.39 Å². The molecule has 2 aromatic carbocycles. The second-order valence-corrected chi connectivity index (χ2v) is 8.12. The lowest BCUT2D eigenvalue weighted by molar-refractivity contribution is 0.0699. The second kappa shape index (κ2) is 8.07. The van der Waals surface area contributed by atoms with Crippen LogP contribution in [-0.2, 0) is 0 Å². The first-order valence-corrected chi connectivity index (χ1v) is 10.5. The number of nitrogens with zero attached hydrogens (tertiary/aromatic N) is 4. The maximum Gasteiger partial charge on any atom is 0.276 e. The molecule has 0 aliphatic carbocycles. The number of amides is 1. The van der Waals surface area contributed by atoms with Crippen molar-refractivity contribution in [2.75, 3.05) is 6.54 Å². The molecular weight excluding hydrogens is 467 g/mol. The van der Waals surface area contributed by atoms with Crippen LogP contribution in [0.15, 0.2) is 68.1 Å². The monoisotopic (exact) mass is 482 g/mol. The van der Waals surface area contributed by atoms with Crippen LogP contribution in [0, 0.1) is 5.82 Å². The highest BCUT2D eigenvalue weighted by Crippen LogP contribution is 2.34. The summed E-state index contributed by atoms with van der Waals surface area (Å²) in [6.07, 6.45) is 1.53. The first-order valence-electron chi connectivity index (χ1n) is 9.71. The van der Waals surface area contributed by atoms with Gasteiger partial charge < -0.3 is 13.9 Å². The molecule has 0 spiro atoms. The number of rotatable bonds is 4. The summed E-state index contributed by atoms with van der Waals surface area (Å²) in [4.78, 5) is 19.3. The van der Waals surface area contributed by atoms with Crippen molar-refractivity contribution >= 4 is 21.8 Å². The summed E-state index contributed by atoms with van der Waals surface area (Å²) in [7, 11) is 0. The lowest BCUT2D eigenvalue weighted by Gasteiger charge is -2.20. The third kappa shape index (κ3) is 3.88. The summed E-state index contributed by atoms with van der Waals surface area (Å²) in [5.41, 5.74) is 1.65. The number of carbonyl (C=O) groups excluding carboxylic acids is 1. The van der Waals surface area contributed by atoms with E-state index in [0.29, 0.717) is 29.6 Å². The third-order valence-electron chi connectivity index (χ3n) is 5.20. The highest BCUT2D eigenvalue weighted by molar-refractivity contribution is 9.10. The predicted octanol–water partition coefficient (Wildman–Crippen LogP) is 5.27. The summed E-state index contributed by atoms with van der Waals surface area (Å²) in [6, 6.07) is 14.6. The van der Waals surface area contributed by atoms with Gasteiger partial charge in [0, 0.05) is 28.2 Å². The molecule has 5 rings (SSSR count). The first-order chi connectivity index (χ1) is 15.1. The molecule has 1 aliphatic heterocycles. The van der Waals surface area contributed by atoms with Crippen molar-refractivity contribution in [1.29, 1.82) is 0 Å². The zero-order chi connectivity index (χ0) is 21.4. The van der Waals surface area contributed by atoms with Gasteiger partial charge in [0.1, 0.15) is 11.9 Å². The molecule has 7 nitrogen and oxygen atoms in total. The minimum absolute atomic E-state index is 0.180. The number of likely N-dealkylation sites (tertiary alicyclic amines) is 1. The van der Waals surface area contributed by atoms with Crippen LogP contribution in [0.25, 0.3) is 22.7 Å². The van der Waals surface area contributed by atoms with Gasteiger partial charge in [0.05, 0.1) is 0 Å². The van der Waals surface area contributed by atoms with Crippen molar-refractivity contribution in [3.8, 4) is 22.7 Å². The Morgan fingerprint density at radius 2 is 1.77 bits per heavy atom. The SMILES string of the molecule is O=C(c1cc(-c2ccc(F)cc2)on1)N1CCCC1c1nc(-c2ccc(Br)cc2)no1. The number of carbonyl (C=O) groups is 1.